The van der Waals surface area contributed by atoms with Crippen molar-refractivity contribution in [3.63, 3.8) is 0 Å². The van der Waals surface area contributed by atoms with Crippen LogP contribution in [0.2, 0.25) is 0 Å². The first-order valence-electron chi connectivity index (χ1n) is 9.63. The first-order chi connectivity index (χ1) is 11.3. The summed E-state index contributed by atoms with van der Waals surface area (Å²) in [4.78, 5) is 19.7. The predicted octanol–water partition coefficient (Wildman–Crippen LogP) is 1.53. The molecule has 0 aromatic heterocycles. The molecule has 3 rings (SSSR count). The van der Waals surface area contributed by atoms with Gasteiger partial charge in [-0.25, -0.2) is 0 Å². The second-order valence-corrected chi connectivity index (χ2v) is 9.25. The van der Waals surface area contributed by atoms with E-state index in [1.807, 2.05) is 0 Å². The number of amides is 1. The highest BCUT2D eigenvalue weighted by Crippen LogP contribution is 2.47. The van der Waals surface area contributed by atoms with Crippen molar-refractivity contribution in [3.8, 4) is 0 Å². The summed E-state index contributed by atoms with van der Waals surface area (Å²) in [6, 6.07) is 0. The van der Waals surface area contributed by atoms with Gasteiger partial charge in [-0.05, 0) is 31.2 Å². The number of carbonyl (C=O) groups is 1. The van der Waals surface area contributed by atoms with Crippen LogP contribution >= 0.6 is 0 Å². The molecule has 3 aliphatic rings. The van der Waals surface area contributed by atoms with Gasteiger partial charge in [0.05, 0.1) is 12.7 Å². The standard InChI is InChI=1S/C19H35N3O2/c1-19(2,3)12-15-11-17(15)18(23)22-9-10-24-16(14-22)13-21-7-5-20(4)6-8-21/h15-17H,5-14H2,1-4H3/t15-,16?,17+/m0/s1. The lowest BCUT2D eigenvalue weighted by atomic mass is 9.89. The number of piperazine rings is 1. The number of hydrogen-bond acceptors (Lipinski definition) is 4. The van der Waals surface area contributed by atoms with E-state index in [2.05, 4.69) is 42.5 Å². The van der Waals surface area contributed by atoms with Crippen LogP contribution in [0.15, 0.2) is 0 Å². The molecule has 138 valence electrons. The van der Waals surface area contributed by atoms with E-state index in [4.69, 9.17) is 4.74 Å². The van der Waals surface area contributed by atoms with Gasteiger partial charge < -0.3 is 14.5 Å². The highest BCUT2D eigenvalue weighted by Gasteiger charge is 2.46. The van der Waals surface area contributed by atoms with Crippen LogP contribution in [0.4, 0.5) is 0 Å². The highest BCUT2D eigenvalue weighted by molar-refractivity contribution is 5.81. The summed E-state index contributed by atoms with van der Waals surface area (Å²) >= 11 is 0. The Kier molecular flexibility index (Phi) is 5.52. The van der Waals surface area contributed by atoms with E-state index >= 15 is 0 Å². The lowest BCUT2D eigenvalue weighted by Crippen LogP contribution is -2.53. The minimum Gasteiger partial charge on any atom is -0.373 e. The third kappa shape index (κ3) is 4.93. The Balaban J connectivity index is 1.45. The minimum atomic E-state index is 0.186. The van der Waals surface area contributed by atoms with Gasteiger partial charge in [-0.3, -0.25) is 9.69 Å². The molecule has 5 nitrogen and oxygen atoms in total. The first kappa shape index (κ1) is 18.2. The van der Waals surface area contributed by atoms with Gasteiger partial charge in [0, 0.05) is 51.7 Å². The van der Waals surface area contributed by atoms with Crippen LogP contribution in [0.5, 0.6) is 0 Å². The van der Waals surface area contributed by atoms with Gasteiger partial charge in [0.2, 0.25) is 5.91 Å². The Morgan fingerprint density at radius 1 is 1.12 bits per heavy atom. The van der Waals surface area contributed by atoms with Crippen molar-refractivity contribution >= 4 is 5.91 Å². The molecule has 5 heteroatoms. The van der Waals surface area contributed by atoms with Crippen molar-refractivity contribution in [1.29, 1.82) is 0 Å². The Morgan fingerprint density at radius 2 is 1.83 bits per heavy atom. The van der Waals surface area contributed by atoms with Gasteiger partial charge in [-0.15, -0.1) is 0 Å². The van der Waals surface area contributed by atoms with Crippen molar-refractivity contribution in [3.05, 3.63) is 0 Å². The van der Waals surface area contributed by atoms with Gasteiger partial charge in [0.1, 0.15) is 0 Å². The van der Waals surface area contributed by atoms with Gasteiger partial charge in [0.15, 0.2) is 0 Å². The number of rotatable bonds is 4. The van der Waals surface area contributed by atoms with Crippen LogP contribution < -0.4 is 0 Å². The number of morpholine rings is 1. The van der Waals surface area contributed by atoms with Crippen molar-refractivity contribution in [2.45, 2.75) is 39.7 Å². The third-order valence-electron chi connectivity index (χ3n) is 5.62. The second-order valence-electron chi connectivity index (χ2n) is 9.25. The highest BCUT2D eigenvalue weighted by atomic mass is 16.5. The maximum atomic E-state index is 12.8. The number of hydrogen-bond donors (Lipinski definition) is 0. The Morgan fingerprint density at radius 3 is 2.50 bits per heavy atom. The van der Waals surface area contributed by atoms with Crippen LogP contribution in [0.3, 0.4) is 0 Å². The summed E-state index contributed by atoms with van der Waals surface area (Å²) in [5.41, 5.74) is 0.328. The van der Waals surface area contributed by atoms with E-state index in [1.165, 1.54) is 6.42 Å². The zero-order chi connectivity index (χ0) is 17.3. The second kappa shape index (κ2) is 7.30. The molecule has 0 N–H and O–H groups in total. The average Bonchev–Trinajstić information content (AvgIpc) is 3.26. The molecule has 3 atom stereocenters. The molecule has 0 spiro atoms. The number of likely N-dealkylation sites (N-methyl/N-ethyl adjacent to an activating group) is 1. The molecule has 1 unspecified atom stereocenters. The Hall–Kier alpha value is -0.650. The van der Waals surface area contributed by atoms with Crippen LogP contribution in [0.1, 0.15) is 33.6 Å². The SMILES string of the molecule is CN1CCN(CC2CN(C(=O)[C@@H]3C[C@H]3CC(C)(C)C)CCO2)CC1. The monoisotopic (exact) mass is 337 g/mol. The molecule has 0 radical (unpaired) electrons. The minimum absolute atomic E-state index is 0.186. The zero-order valence-corrected chi connectivity index (χ0v) is 16.0. The quantitative estimate of drug-likeness (QED) is 0.780. The van der Waals surface area contributed by atoms with Crippen LogP contribution in [0, 0.1) is 17.3 Å². The molecular formula is C19H35N3O2. The van der Waals surface area contributed by atoms with Crippen molar-refractivity contribution < 1.29 is 9.53 Å². The molecule has 0 aromatic carbocycles. The molecule has 1 amide bonds. The van der Waals surface area contributed by atoms with E-state index in [9.17, 15) is 4.79 Å². The molecule has 1 saturated carbocycles. The fourth-order valence-electron chi connectivity index (χ4n) is 4.15. The Labute approximate surface area is 147 Å². The maximum Gasteiger partial charge on any atom is 0.226 e. The van der Waals surface area contributed by atoms with Gasteiger partial charge in [-0.1, -0.05) is 20.8 Å². The van der Waals surface area contributed by atoms with E-state index in [0.29, 0.717) is 23.8 Å². The zero-order valence-electron chi connectivity index (χ0n) is 16.0. The molecule has 24 heavy (non-hydrogen) atoms. The van der Waals surface area contributed by atoms with Crippen LogP contribution in [-0.2, 0) is 9.53 Å². The van der Waals surface area contributed by atoms with Crippen molar-refractivity contribution in [2.75, 3.05) is 59.5 Å². The van der Waals surface area contributed by atoms with Crippen LogP contribution in [-0.4, -0.2) is 86.2 Å². The molecule has 1 aliphatic carbocycles. The Bertz CT molecular complexity index is 440. The summed E-state index contributed by atoms with van der Waals surface area (Å²) in [6.45, 7) is 14.5. The van der Waals surface area contributed by atoms with E-state index in [0.717, 1.165) is 52.2 Å². The van der Waals surface area contributed by atoms with Crippen molar-refractivity contribution in [1.82, 2.24) is 14.7 Å². The lowest BCUT2D eigenvalue weighted by Gasteiger charge is -2.38. The smallest absolute Gasteiger partial charge is 0.226 e. The topological polar surface area (TPSA) is 36.0 Å². The number of nitrogens with zero attached hydrogens (tertiary/aromatic N) is 3. The van der Waals surface area contributed by atoms with Gasteiger partial charge >= 0.3 is 0 Å². The summed E-state index contributed by atoms with van der Waals surface area (Å²) in [5, 5.41) is 0. The number of carbonyl (C=O) groups excluding carboxylic acids is 1. The number of ether oxygens (including phenoxy) is 1. The summed E-state index contributed by atoms with van der Waals surface area (Å²) in [5.74, 6) is 1.28. The van der Waals surface area contributed by atoms with Crippen LogP contribution in [0.25, 0.3) is 0 Å². The summed E-state index contributed by atoms with van der Waals surface area (Å²) < 4.78 is 5.95. The first-order valence-corrected chi connectivity index (χ1v) is 9.63. The fourth-order valence-corrected chi connectivity index (χ4v) is 4.15. The molecular weight excluding hydrogens is 302 g/mol. The average molecular weight is 338 g/mol. The van der Waals surface area contributed by atoms with Crippen molar-refractivity contribution in [2.24, 2.45) is 17.3 Å². The predicted molar refractivity (Wildman–Crippen MR) is 95.9 cm³/mol. The molecule has 0 aromatic rings. The molecule has 3 fully saturated rings. The third-order valence-corrected chi connectivity index (χ3v) is 5.62. The summed E-state index contributed by atoms with van der Waals surface area (Å²) in [7, 11) is 2.18. The fraction of sp³-hybridized carbons (Fsp3) is 0.947. The normalized spacial score (nSPS) is 32.8. The van der Waals surface area contributed by atoms with E-state index in [1.54, 1.807) is 0 Å². The van der Waals surface area contributed by atoms with Gasteiger partial charge in [0.25, 0.3) is 0 Å². The van der Waals surface area contributed by atoms with E-state index in [-0.39, 0.29) is 12.0 Å². The largest absolute Gasteiger partial charge is 0.373 e. The molecule has 2 heterocycles. The summed E-state index contributed by atoms with van der Waals surface area (Å²) in [6.07, 6.45) is 2.45. The molecule has 2 saturated heterocycles. The lowest BCUT2D eigenvalue weighted by molar-refractivity contribution is -0.141. The van der Waals surface area contributed by atoms with Gasteiger partial charge in [-0.2, -0.15) is 0 Å². The van der Waals surface area contributed by atoms with E-state index < -0.39 is 0 Å². The molecule has 0 bridgehead atoms. The molecule has 2 aliphatic heterocycles. The maximum absolute atomic E-state index is 12.8.